The number of carboxylic acid groups (broad SMARTS) is 1. The zero-order chi connectivity index (χ0) is 21.1. The molecule has 1 unspecified atom stereocenters. The van der Waals surface area contributed by atoms with Crippen molar-refractivity contribution in [2.45, 2.75) is 12.5 Å². The standard InChI is InChI=1S/C21H21N3O5.ClH/c1-29-17-11-24(15-8-2-12(3-9-15)10-16(25)21(27)28)20(26)18(17)13-4-6-14(7-5-13)19(22)23;/h2-9,16,25H,10-11H2,1H3,(H3,22,23)(H,27,28);1H. The summed E-state index contributed by atoms with van der Waals surface area (Å²) in [4.78, 5) is 25.4. The largest absolute Gasteiger partial charge is 0.498 e. The van der Waals surface area contributed by atoms with Gasteiger partial charge in [-0.3, -0.25) is 10.2 Å². The molecule has 5 N–H and O–H groups in total. The maximum Gasteiger partial charge on any atom is 0.332 e. The highest BCUT2D eigenvalue weighted by atomic mass is 35.5. The molecule has 1 heterocycles. The van der Waals surface area contributed by atoms with Gasteiger partial charge in [0, 0.05) is 17.7 Å². The summed E-state index contributed by atoms with van der Waals surface area (Å²) in [6.45, 7) is 0.260. The summed E-state index contributed by atoms with van der Waals surface area (Å²) in [5.74, 6) is -1.03. The highest BCUT2D eigenvalue weighted by Crippen LogP contribution is 2.32. The molecule has 0 saturated carbocycles. The highest BCUT2D eigenvalue weighted by molar-refractivity contribution is 6.29. The highest BCUT2D eigenvalue weighted by Gasteiger charge is 2.33. The summed E-state index contributed by atoms with van der Waals surface area (Å²) in [7, 11) is 1.51. The van der Waals surface area contributed by atoms with Gasteiger partial charge in [-0.25, -0.2) is 4.79 Å². The topological polar surface area (TPSA) is 137 Å². The number of hydrogen-bond donors (Lipinski definition) is 4. The van der Waals surface area contributed by atoms with E-state index >= 15 is 0 Å². The maximum atomic E-state index is 13.0. The Morgan fingerprint density at radius 3 is 2.30 bits per heavy atom. The summed E-state index contributed by atoms with van der Waals surface area (Å²) >= 11 is 0. The second kappa shape index (κ2) is 9.43. The quantitative estimate of drug-likeness (QED) is 0.389. The molecule has 1 aliphatic heterocycles. The van der Waals surface area contributed by atoms with Crippen molar-refractivity contribution >= 4 is 41.4 Å². The summed E-state index contributed by atoms with van der Waals surface area (Å²) in [5.41, 5.74) is 8.43. The Bertz CT molecular complexity index is 987. The predicted octanol–water partition coefficient (Wildman–Crippen LogP) is 1.78. The molecule has 3 rings (SSSR count). The zero-order valence-corrected chi connectivity index (χ0v) is 17.0. The Hall–Kier alpha value is -3.36. The van der Waals surface area contributed by atoms with E-state index in [9.17, 15) is 14.7 Å². The number of carbonyl (C=O) groups excluding carboxylic acids is 1. The van der Waals surface area contributed by atoms with Gasteiger partial charge in [-0.15, -0.1) is 12.4 Å². The summed E-state index contributed by atoms with van der Waals surface area (Å²) in [6, 6.07) is 13.6. The van der Waals surface area contributed by atoms with Crippen LogP contribution in [0.3, 0.4) is 0 Å². The van der Waals surface area contributed by atoms with Crippen LogP contribution in [-0.2, 0) is 20.7 Å². The van der Waals surface area contributed by atoms with E-state index in [0.29, 0.717) is 33.7 Å². The normalized spacial score (nSPS) is 14.3. The Labute approximate surface area is 179 Å². The number of rotatable bonds is 7. The number of halogens is 1. The average molecular weight is 432 g/mol. The first kappa shape index (κ1) is 22.9. The molecule has 158 valence electrons. The van der Waals surface area contributed by atoms with Crippen molar-refractivity contribution in [2.75, 3.05) is 18.6 Å². The number of carbonyl (C=O) groups is 2. The van der Waals surface area contributed by atoms with E-state index in [-0.39, 0.29) is 37.1 Å². The van der Waals surface area contributed by atoms with Gasteiger partial charge < -0.3 is 25.6 Å². The third-order valence-electron chi connectivity index (χ3n) is 4.73. The first-order valence-electron chi connectivity index (χ1n) is 8.85. The number of aliphatic hydroxyl groups is 1. The van der Waals surface area contributed by atoms with Crippen LogP contribution in [-0.4, -0.2) is 47.7 Å². The lowest BCUT2D eigenvalue weighted by atomic mass is 10.0. The monoisotopic (exact) mass is 431 g/mol. The van der Waals surface area contributed by atoms with E-state index in [2.05, 4.69) is 0 Å². The molecule has 0 saturated heterocycles. The number of benzene rings is 2. The Kier molecular flexibility index (Phi) is 7.20. The second-order valence-corrected chi connectivity index (χ2v) is 6.61. The molecule has 8 nitrogen and oxygen atoms in total. The molecular formula is C21H22ClN3O5. The van der Waals surface area contributed by atoms with Crippen LogP contribution in [0.5, 0.6) is 0 Å². The van der Waals surface area contributed by atoms with Gasteiger partial charge in [-0.05, 0) is 23.3 Å². The number of carboxylic acids is 1. The molecule has 1 aliphatic rings. The van der Waals surface area contributed by atoms with Crippen molar-refractivity contribution < 1.29 is 24.5 Å². The lowest BCUT2D eigenvalue weighted by Crippen LogP contribution is -2.26. The third kappa shape index (κ3) is 4.61. The van der Waals surface area contributed by atoms with E-state index in [1.165, 1.54) is 7.11 Å². The Morgan fingerprint density at radius 2 is 1.80 bits per heavy atom. The zero-order valence-electron chi connectivity index (χ0n) is 16.2. The van der Waals surface area contributed by atoms with Crippen molar-refractivity contribution in [2.24, 2.45) is 5.73 Å². The van der Waals surface area contributed by atoms with Gasteiger partial charge in [0.15, 0.2) is 6.10 Å². The number of anilines is 1. The number of amidine groups is 1. The third-order valence-corrected chi connectivity index (χ3v) is 4.73. The van der Waals surface area contributed by atoms with Crippen LogP contribution in [0.4, 0.5) is 5.69 Å². The van der Waals surface area contributed by atoms with Gasteiger partial charge in [0.1, 0.15) is 11.6 Å². The SMILES string of the molecule is COC1=C(c2ccc(C(=N)N)cc2)C(=O)N(c2ccc(CC(O)C(=O)O)cc2)C1.Cl. The summed E-state index contributed by atoms with van der Waals surface area (Å²) in [6.07, 6.45) is -1.49. The molecular weight excluding hydrogens is 410 g/mol. The maximum absolute atomic E-state index is 13.0. The first-order valence-corrected chi connectivity index (χ1v) is 8.85. The molecule has 0 aliphatic carbocycles. The minimum atomic E-state index is -1.47. The molecule has 0 fully saturated rings. The number of ether oxygens (including phenoxy) is 1. The molecule has 0 bridgehead atoms. The van der Waals surface area contributed by atoms with Crippen LogP contribution in [0, 0.1) is 5.41 Å². The van der Waals surface area contributed by atoms with Crippen molar-refractivity contribution in [3.05, 3.63) is 71.0 Å². The summed E-state index contributed by atoms with van der Waals surface area (Å²) in [5, 5.41) is 25.8. The number of nitrogens with one attached hydrogen (secondary N) is 1. The van der Waals surface area contributed by atoms with E-state index in [0.717, 1.165) is 0 Å². The molecule has 0 radical (unpaired) electrons. The van der Waals surface area contributed by atoms with Crippen molar-refractivity contribution in [1.29, 1.82) is 5.41 Å². The minimum Gasteiger partial charge on any atom is -0.498 e. The minimum absolute atomic E-state index is 0. The van der Waals surface area contributed by atoms with E-state index in [1.54, 1.807) is 53.4 Å². The fourth-order valence-corrected chi connectivity index (χ4v) is 3.15. The van der Waals surface area contributed by atoms with Gasteiger partial charge >= 0.3 is 5.97 Å². The smallest absolute Gasteiger partial charge is 0.332 e. The molecule has 1 amide bonds. The lowest BCUT2D eigenvalue weighted by Gasteiger charge is -2.17. The van der Waals surface area contributed by atoms with Crippen LogP contribution < -0.4 is 10.6 Å². The number of aliphatic hydroxyl groups excluding tert-OH is 1. The van der Waals surface area contributed by atoms with Gasteiger partial charge in [-0.2, -0.15) is 0 Å². The molecule has 0 aromatic heterocycles. The molecule has 2 aromatic carbocycles. The number of methoxy groups -OCH3 is 1. The van der Waals surface area contributed by atoms with Gasteiger partial charge in [-0.1, -0.05) is 36.4 Å². The van der Waals surface area contributed by atoms with Crippen LogP contribution in [0.25, 0.3) is 5.57 Å². The number of nitrogens with zero attached hydrogens (tertiary/aromatic N) is 1. The van der Waals surface area contributed by atoms with Gasteiger partial charge in [0.2, 0.25) is 0 Å². The van der Waals surface area contributed by atoms with Crippen LogP contribution in [0.15, 0.2) is 54.3 Å². The number of amides is 1. The molecule has 2 aromatic rings. The van der Waals surface area contributed by atoms with Crippen LogP contribution in [0.1, 0.15) is 16.7 Å². The molecule has 0 spiro atoms. The number of aliphatic carboxylic acids is 1. The second-order valence-electron chi connectivity index (χ2n) is 6.61. The van der Waals surface area contributed by atoms with Gasteiger partial charge in [0.25, 0.3) is 5.91 Å². The lowest BCUT2D eigenvalue weighted by molar-refractivity contribution is -0.146. The predicted molar refractivity (Wildman–Crippen MR) is 115 cm³/mol. The number of hydrogen-bond acceptors (Lipinski definition) is 5. The number of nitrogen functional groups attached to an aromatic ring is 1. The fourth-order valence-electron chi connectivity index (χ4n) is 3.15. The van der Waals surface area contributed by atoms with Crippen molar-refractivity contribution in [1.82, 2.24) is 0 Å². The summed E-state index contributed by atoms with van der Waals surface area (Å²) < 4.78 is 5.43. The van der Waals surface area contributed by atoms with Crippen molar-refractivity contribution in [3.8, 4) is 0 Å². The Balaban J connectivity index is 0.00000320. The number of nitrogens with two attached hydrogens (primary N) is 1. The van der Waals surface area contributed by atoms with E-state index < -0.39 is 12.1 Å². The fraction of sp³-hybridized carbons (Fsp3) is 0.190. The van der Waals surface area contributed by atoms with Gasteiger partial charge in [0.05, 0.1) is 19.2 Å². The average Bonchev–Trinajstić information content (AvgIpc) is 3.04. The first-order chi connectivity index (χ1) is 13.8. The van der Waals surface area contributed by atoms with E-state index in [4.69, 9.17) is 21.0 Å². The van der Waals surface area contributed by atoms with Crippen LogP contribution >= 0.6 is 12.4 Å². The van der Waals surface area contributed by atoms with E-state index in [1.807, 2.05) is 0 Å². The molecule has 1 atom stereocenters. The van der Waals surface area contributed by atoms with Crippen molar-refractivity contribution in [3.63, 3.8) is 0 Å². The van der Waals surface area contributed by atoms with Crippen LogP contribution in [0.2, 0.25) is 0 Å². The molecule has 9 heteroatoms. The Morgan fingerprint density at radius 1 is 1.20 bits per heavy atom. The molecule has 30 heavy (non-hydrogen) atoms.